The summed E-state index contributed by atoms with van der Waals surface area (Å²) in [7, 11) is 0. The number of nitrogen functional groups attached to an aromatic ring is 1. The Balaban J connectivity index is 1.56. The van der Waals surface area contributed by atoms with Crippen LogP contribution in [0.25, 0.3) is 0 Å². The molecule has 108 valence electrons. The zero-order valence-corrected chi connectivity index (χ0v) is 11.8. The quantitative estimate of drug-likeness (QED) is 0.860. The number of nitrogens with two attached hydrogens (primary N) is 1. The normalized spacial score (nSPS) is 16.8. The zero-order chi connectivity index (χ0) is 14.2. The Bertz CT molecular complexity index is 659. The molecular formula is C17H18N2O2. The number of benzene rings is 2. The fourth-order valence-corrected chi connectivity index (χ4v) is 3.04. The van der Waals surface area contributed by atoms with Gasteiger partial charge in [0.25, 0.3) is 0 Å². The fourth-order valence-electron chi connectivity index (χ4n) is 3.04. The third kappa shape index (κ3) is 2.32. The largest absolute Gasteiger partial charge is 0.486 e. The van der Waals surface area contributed by atoms with E-state index >= 15 is 0 Å². The smallest absolute Gasteiger partial charge is 0.163 e. The summed E-state index contributed by atoms with van der Waals surface area (Å²) in [6.07, 6.45) is 0. The van der Waals surface area contributed by atoms with Crippen molar-refractivity contribution in [1.82, 2.24) is 4.90 Å². The van der Waals surface area contributed by atoms with Crippen LogP contribution in [0.2, 0.25) is 0 Å². The highest BCUT2D eigenvalue weighted by Gasteiger charge is 2.21. The van der Waals surface area contributed by atoms with Crippen LogP contribution in [0.3, 0.4) is 0 Å². The third-order valence-electron chi connectivity index (χ3n) is 4.10. The minimum absolute atomic E-state index is 0.590. The van der Waals surface area contributed by atoms with Crippen LogP contribution in [-0.4, -0.2) is 18.1 Å². The molecule has 0 saturated heterocycles. The monoisotopic (exact) mass is 282 g/mol. The number of hydrogen-bond acceptors (Lipinski definition) is 4. The highest BCUT2D eigenvalue weighted by molar-refractivity contribution is 5.58. The maximum absolute atomic E-state index is 6.17. The lowest BCUT2D eigenvalue weighted by molar-refractivity contribution is 0.171. The number of ether oxygens (including phenoxy) is 2. The van der Waals surface area contributed by atoms with E-state index in [4.69, 9.17) is 15.2 Å². The molecule has 4 nitrogen and oxygen atoms in total. The van der Waals surface area contributed by atoms with Gasteiger partial charge in [0.05, 0.1) is 0 Å². The van der Waals surface area contributed by atoms with E-state index in [9.17, 15) is 0 Å². The van der Waals surface area contributed by atoms with Crippen LogP contribution >= 0.6 is 0 Å². The van der Waals surface area contributed by atoms with Crippen LogP contribution in [0.15, 0.2) is 36.4 Å². The van der Waals surface area contributed by atoms with Crippen molar-refractivity contribution in [3.8, 4) is 11.5 Å². The van der Waals surface area contributed by atoms with Gasteiger partial charge >= 0.3 is 0 Å². The van der Waals surface area contributed by atoms with E-state index in [2.05, 4.69) is 29.2 Å². The summed E-state index contributed by atoms with van der Waals surface area (Å²) in [5.74, 6) is 1.56. The molecule has 0 fully saturated rings. The van der Waals surface area contributed by atoms with Gasteiger partial charge in [-0.05, 0) is 22.8 Å². The van der Waals surface area contributed by atoms with E-state index in [-0.39, 0.29) is 0 Å². The molecule has 0 saturated carbocycles. The van der Waals surface area contributed by atoms with Crippen molar-refractivity contribution in [3.63, 3.8) is 0 Å². The topological polar surface area (TPSA) is 47.7 Å². The first-order valence-corrected chi connectivity index (χ1v) is 7.27. The molecule has 0 aliphatic carbocycles. The third-order valence-corrected chi connectivity index (χ3v) is 4.10. The van der Waals surface area contributed by atoms with E-state index in [1.807, 2.05) is 12.1 Å². The molecule has 0 aromatic heterocycles. The van der Waals surface area contributed by atoms with E-state index < -0.39 is 0 Å². The number of fused-ring (bicyclic) bond motifs is 2. The first-order chi connectivity index (χ1) is 10.3. The SMILES string of the molecule is Nc1cc2c(cc1CN1Cc3ccccc3C1)OCCO2. The zero-order valence-electron chi connectivity index (χ0n) is 11.8. The molecule has 0 spiro atoms. The molecule has 0 atom stereocenters. The van der Waals surface area contributed by atoms with Crippen LogP contribution < -0.4 is 15.2 Å². The Hall–Kier alpha value is -2.20. The number of nitrogens with zero attached hydrogens (tertiary/aromatic N) is 1. The second kappa shape index (κ2) is 4.97. The number of anilines is 1. The molecule has 4 rings (SSSR count). The average molecular weight is 282 g/mol. The summed E-state index contributed by atoms with van der Waals surface area (Å²) in [6, 6.07) is 12.5. The predicted octanol–water partition coefficient (Wildman–Crippen LogP) is 2.56. The van der Waals surface area contributed by atoms with Gasteiger partial charge in [0.15, 0.2) is 11.5 Å². The Morgan fingerprint density at radius 3 is 2.24 bits per heavy atom. The van der Waals surface area contributed by atoms with Crippen LogP contribution in [0, 0.1) is 0 Å². The Morgan fingerprint density at radius 2 is 1.57 bits per heavy atom. The van der Waals surface area contributed by atoms with Gasteiger partial charge < -0.3 is 15.2 Å². The van der Waals surface area contributed by atoms with Gasteiger partial charge in [0.1, 0.15) is 13.2 Å². The summed E-state index contributed by atoms with van der Waals surface area (Å²) in [6.45, 7) is 3.98. The molecule has 4 heteroatoms. The van der Waals surface area contributed by atoms with E-state index in [0.29, 0.717) is 13.2 Å². The van der Waals surface area contributed by atoms with Crippen LogP contribution in [0.4, 0.5) is 5.69 Å². The van der Waals surface area contributed by atoms with Gasteiger partial charge in [-0.15, -0.1) is 0 Å². The lowest BCUT2D eigenvalue weighted by atomic mass is 10.1. The van der Waals surface area contributed by atoms with Crippen LogP contribution in [-0.2, 0) is 19.6 Å². The molecule has 0 bridgehead atoms. The molecular weight excluding hydrogens is 264 g/mol. The molecule has 2 aromatic carbocycles. The molecule has 0 unspecified atom stereocenters. The van der Waals surface area contributed by atoms with Gasteiger partial charge in [-0.2, -0.15) is 0 Å². The van der Waals surface area contributed by atoms with Crippen molar-refractivity contribution in [2.24, 2.45) is 0 Å². The summed E-state index contributed by atoms with van der Waals surface area (Å²) in [4.78, 5) is 2.40. The first kappa shape index (κ1) is 12.5. The minimum atomic E-state index is 0.590. The maximum atomic E-state index is 6.17. The molecule has 2 heterocycles. The van der Waals surface area contributed by atoms with Gasteiger partial charge in [-0.3, -0.25) is 4.90 Å². The fraction of sp³-hybridized carbons (Fsp3) is 0.294. The first-order valence-electron chi connectivity index (χ1n) is 7.27. The van der Waals surface area contributed by atoms with Crippen molar-refractivity contribution >= 4 is 5.69 Å². The minimum Gasteiger partial charge on any atom is -0.486 e. The molecule has 2 N–H and O–H groups in total. The molecule has 0 amide bonds. The standard InChI is InChI=1S/C17H18N2O2/c18-15-8-17-16(20-5-6-21-17)7-14(15)11-19-9-12-3-1-2-4-13(12)10-19/h1-4,7-8H,5-6,9-11,18H2. The lowest BCUT2D eigenvalue weighted by Crippen LogP contribution is -2.19. The maximum Gasteiger partial charge on any atom is 0.163 e. The molecule has 2 aliphatic rings. The Morgan fingerprint density at radius 1 is 0.952 bits per heavy atom. The number of hydrogen-bond donors (Lipinski definition) is 1. The van der Waals surface area contributed by atoms with Crippen molar-refractivity contribution in [3.05, 3.63) is 53.1 Å². The highest BCUT2D eigenvalue weighted by atomic mass is 16.6. The van der Waals surface area contributed by atoms with Crippen molar-refractivity contribution in [2.45, 2.75) is 19.6 Å². The van der Waals surface area contributed by atoms with Gasteiger partial charge in [0, 0.05) is 31.4 Å². The molecule has 2 aliphatic heterocycles. The predicted molar refractivity (Wildman–Crippen MR) is 81.2 cm³/mol. The van der Waals surface area contributed by atoms with Gasteiger partial charge in [-0.1, -0.05) is 24.3 Å². The van der Waals surface area contributed by atoms with Crippen molar-refractivity contribution in [2.75, 3.05) is 18.9 Å². The summed E-state index contributed by atoms with van der Waals surface area (Å²) in [5.41, 5.74) is 10.9. The lowest BCUT2D eigenvalue weighted by Gasteiger charge is -2.22. The average Bonchev–Trinajstić information content (AvgIpc) is 2.90. The van der Waals surface area contributed by atoms with Crippen molar-refractivity contribution in [1.29, 1.82) is 0 Å². The van der Waals surface area contributed by atoms with Gasteiger partial charge in [0.2, 0.25) is 0 Å². The second-order valence-electron chi connectivity index (χ2n) is 5.61. The summed E-state index contributed by atoms with van der Waals surface area (Å²) >= 11 is 0. The summed E-state index contributed by atoms with van der Waals surface area (Å²) in [5, 5.41) is 0. The van der Waals surface area contributed by atoms with E-state index in [1.165, 1.54) is 11.1 Å². The van der Waals surface area contributed by atoms with Crippen LogP contribution in [0.1, 0.15) is 16.7 Å². The molecule has 21 heavy (non-hydrogen) atoms. The second-order valence-corrected chi connectivity index (χ2v) is 5.61. The Labute approximate surface area is 124 Å². The molecule has 2 aromatic rings. The molecule has 0 radical (unpaired) electrons. The van der Waals surface area contributed by atoms with E-state index in [0.717, 1.165) is 42.4 Å². The van der Waals surface area contributed by atoms with Crippen LogP contribution in [0.5, 0.6) is 11.5 Å². The van der Waals surface area contributed by atoms with Crippen molar-refractivity contribution < 1.29 is 9.47 Å². The highest BCUT2D eigenvalue weighted by Crippen LogP contribution is 2.35. The Kier molecular flexibility index (Phi) is 2.97. The number of rotatable bonds is 2. The summed E-state index contributed by atoms with van der Waals surface area (Å²) < 4.78 is 11.2. The van der Waals surface area contributed by atoms with Gasteiger partial charge in [-0.25, -0.2) is 0 Å². The van der Waals surface area contributed by atoms with E-state index in [1.54, 1.807) is 0 Å².